The summed E-state index contributed by atoms with van der Waals surface area (Å²) in [5.41, 5.74) is 1.42. The first kappa shape index (κ1) is 39.0. The lowest BCUT2D eigenvalue weighted by Gasteiger charge is -2.27. The maximum absolute atomic E-state index is 13.0. The average Bonchev–Trinajstić information content (AvgIpc) is 3.66. The quantitative estimate of drug-likeness (QED) is 0.0659. The molecule has 4 amide bonds. The number of imide groups is 2. The summed E-state index contributed by atoms with van der Waals surface area (Å²) < 4.78 is 31.4. The Bertz CT molecular complexity index is 2220. The summed E-state index contributed by atoms with van der Waals surface area (Å²) in [6, 6.07) is 24.5. The first-order valence-electron chi connectivity index (χ1n) is 18.3. The third kappa shape index (κ3) is 9.22. The molecule has 7 rings (SSSR count). The Morgan fingerprint density at radius 1 is 0.714 bits per heavy atom. The van der Waals surface area contributed by atoms with E-state index < -0.39 is 29.7 Å². The molecule has 1 saturated heterocycles. The Morgan fingerprint density at radius 3 is 2.04 bits per heavy atom. The van der Waals surface area contributed by atoms with Crippen LogP contribution in [0.3, 0.4) is 0 Å². The summed E-state index contributed by atoms with van der Waals surface area (Å²) in [5.74, 6) is 0.632. The van der Waals surface area contributed by atoms with Crippen molar-refractivity contribution in [1.82, 2.24) is 10.2 Å². The zero-order valence-corrected chi connectivity index (χ0v) is 32.7. The molecule has 1 aromatic heterocycles. The topological polar surface area (TPSA) is 150 Å². The number of fused-ring (bicyclic) bond motifs is 2. The normalized spacial score (nSPS) is 15.3. The summed E-state index contributed by atoms with van der Waals surface area (Å²) in [5, 5.41) is 13.2. The van der Waals surface area contributed by atoms with E-state index in [4.69, 9.17) is 23.7 Å². The van der Waals surface area contributed by atoms with Crippen molar-refractivity contribution in [2.24, 2.45) is 0 Å². The number of carbonyl (C=O) groups excluding carboxylic acids is 4. The second-order valence-electron chi connectivity index (χ2n) is 13.2. The minimum Gasteiger partial charge on any atom is -0.508 e. The van der Waals surface area contributed by atoms with Crippen LogP contribution in [0.5, 0.6) is 28.7 Å². The van der Waals surface area contributed by atoms with Crippen LogP contribution in [0.25, 0.3) is 20.5 Å². The van der Waals surface area contributed by atoms with Gasteiger partial charge in [0.15, 0.2) is 5.75 Å². The van der Waals surface area contributed by atoms with Gasteiger partial charge in [-0.25, -0.2) is 0 Å². The number of rotatable bonds is 18. The van der Waals surface area contributed by atoms with Crippen molar-refractivity contribution in [1.29, 1.82) is 0 Å². The molecule has 290 valence electrons. The van der Waals surface area contributed by atoms with Gasteiger partial charge in [-0.3, -0.25) is 29.4 Å². The molecule has 1 unspecified atom stereocenters. The number of benzene rings is 4. The number of piperidine rings is 1. The third-order valence-corrected chi connectivity index (χ3v) is 10.9. The number of halogens is 1. The molecule has 0 radical (unpaired) electrons. The van der Waals surface area contributed by atoms with E-state index in [1.807, 2.05) is 54.6 Å². The van der Waals surface area contributed by atoms with Crippen LogP contribution in [0.15, 0.2) is 89.4 Å². The molecule has 14 heteroatoms. The fourth-order valence-corrected chi connectivity index (χ4v) is 7.82. The number of nitrogens with zero attached hydrogens (tertiary/aromatic N) is 1. The summed E-state index contributed by atoms with van der Waals surface area (Å²) in [6.45, 7) is 3.04. The molecule has 0 saturated carbocycles. The van der Waals surface area contributed by atoms with Crippen LogP contribution in [0.4, 0.5) is 0 Å². The highest BCUT2D eigenvalue weighted by Crippen LogP contribution is 2.47. The van der Waals surface area contributed by atoms with E-state index >= 15 is 0 Å². The van der Waals surface area contributed by atoms with Gasteiger partial charge < -0.3 is 28.8 Å². The Labute approximate surface area is 335 Å². The molecule has 1 atom stereocenters. The van der Waals surface area contributed by atoms with Crippen molar-refractivity contribution in [2.45, 2.75) is 38.1 Å². The number of aromatic hydroxyl groups is 1. The molecule has 12 nitrogen and oxygen atoms in total. The van der Waals surface area contributed by atoms with Crippen LogP contribution in [0, 0.1) is 0 Å². The summed E-state index contributed by atoms with van der Waals surface area (Å²) in [7, 11) is 0. The molecule has 2 aliphatic rings. The second-order valence-corrected chi connectivity index (χ2v) is 15.1. The van der Waals surface area contributed by atoms with Gasteiger partial charge in [0.25, 0.3) is 11.8 Å². The van der Waals surface area contributed by atoms with Gasteiger partial charge in [0, 0.05) is 60.2 Å². The minimum atomic E-state index is -1.01. The Hall–Kier alpha value is -5.28. The van der Waals surface area contributed by atoms with E-state index in [0.717, 1.165) is 54.2 Å². The predicted molar refractivity (Wildman–Crippen MR) is 213 cm³/mol. The maximum Gasteiger partial charge on any atom is 0.262 e. The lowest BCUT2D eigenvalue weighted by atomic mass is 10.0. The monoisotopic (exact) mass is 842 g/mol. The van der Waals surface area contributed by atoms with Crippen LogP contribution < -0.4 is 19.5 Å². The van der Waals surface area contributed by atoms with Crippen molar-refractivity contribution in [3.8, 4) is 39.2 Å². The Morgan fingerprint density at radius 2 is 1.34 bits per heavy atom. The Balaban J connectivity index is 0.750. The zero-order chi connectivity index (χ0) is 39.0. The van der Waals surface area contributed by atoms with Crippen molar-refractivity contribution < 1.29 is 48.0 Å². The number of phenolic OH excluding ortho intramolecular Hbond substituents is 1. The van der Waals surface area contributed by atoms with Gasteiger partial charge in [0.1, 0.15) is 29.0 Å². The number of hydrogen-bond acceptors (Lipinski definition) is 11. The van der Waals surface area contributed by atoms with E-state index in [1.54, 1.807) is 29.5 Å². The van der Waals surface area contributed by atoms with Gasteiger partial charge in [0.05, 0.1) is 29.2 Å². The second kappa shape index (κ2) is 18.1. The third-order valence-electron chi connectivity index (χ3n) is 9.17. The molecule has 4 aromatic carbocycles. The van der Waals surface area contributed by atoms with Crippen LogP contribution in [-0.2, 0) is 19.1 Å². The molecule has 0 aliphatic carbocycles. The molecule has 5 aromatic rings. The van der Waals surface area contributed by atoms with Crippen LogP contribution >= 0.6 is 27.3 Å². The molecule has 0 bridgehead atoms. The summed E-state index contributed by atoms with van der Waals surface area (Å²) >= 11 is 5.07. The highest BCUT2D eigenvalue weighted by molar-refractivity contribution is 9.10. The lowest BCUT2D eigenvalue weighted by molar-refractivity contribution is -0.136. The first-order chi connectivity index (χ1) is 27.2. The fourth-order valence-electron chi connectivity index (χ4n) is 6.39. The standard InChI is InChI=1S/C42H39BrN2O10S/c43-27-6-4-26(5-7-27)39-38(33-14-8-28(46)24-36(33)56-39)55-30-11-9-29(10-12-30)53-22-2-20-51-18-1-19-52-21-3-23-54-31-13-15-32-34(25-31)42(50)45(41(32)49)35-16-17-37(47)44-40(35)48/h4-15,24-25,35,46H,1-3,16-23H2,(H,44,47,48). The van der Waals surface area contributed by atoms with E-state index in [0.29, 0.717) is 57.6 Å². The molecule has 1 fully saturated rings. The number of nitrogens with one attached hydrogen (secondary N) is 1. The number of carbonyl (C=O) groups is 4. The number of amides is 4. The highest BCUT2D eigenvalue weighted by atomic mass is 79.9. The van der Waals surface area contributed by atoms with Crippen LogP contribution in [-0.4, -0.2) is 79.3 Å². The van der Waals surface area contributed by atoms with E-state index in [1.165, 1.54) is 12.1 Å². The predicted octanol–water partition coefficient (Wildman–Crippen LogP) is 7.89. The molecular formula is C42H39BrN2O10S. The number of ether oxygens (including phenoxy) is 5. The molecule has 56 heavy (non-hydrogen) atoms. The van der Waals surface area contributed by atoms with Gasteiger partial charge >= 0.3 is 0 Å². The Kier molecular flexibility index (Phi) is 12.6. The van der Waals surface area contributed by atoms with Gasteiger partial charge in [-0.1, -0.05) is 28.1 Å². The van der Waals surface area contributed by atoms with Gasteiger partial charge in [0.2, 0.25) is 11.8 Å². The SMILES string of the molecule is O=C1CCC(N2C(=O)c3ccc(OCCCOCCCOCCCOc4ccc(Oc5c(-c6ccc(Br)cc6)sc6cc(O)ccc56)cc4)cc3C2=O)C(=O)N1. The van der Waals surface area contributed by atoms with Crippen molar-refractivity contribution in [3.05, 3.63) is 101 Å². The van der Waals surface area contributed by atoms with Gasteiger partial charge in [-0.15, -0.1) is 11.3 Å². The van der Waals surface area contributed by atoms with Crippen molar-refractivity contribution >= 4 is 61.0 Å². The average molecular weight is 844 g/mol. The van der Waals surface area contributed by atoms with E-state index in [2.05, 4.69) is 21.2 Å². The van der Waals surface area contributed by atoms with Crippen molar-refractivity contribution in [3.63, 3.8) is 0 Å². The largest absolute Gasteiger partial charge is 0.508 e. The van der Waals surface area contributed by atoms with E-state index in [-0.39, 0.29) is 29.7 Å². The minimum absolute atomic E-state index is 0.0676. The van der Waals surface area contributed by atoms with Crippen LogP contribution in [0.2, 0.25) is 0 Å². The number of hydrogen-bond donors (Lipinski definition) is 2. The molecule has 3 heterocycles. The lowest BCUT2D eigenvalue weighted by Crippen LogP contribution is -2.54. The zero-order valence-electron chi connectivity index (χ0n) is 30.3. The van der Waals surface area contributed by atoms with Crippen molar-refractivity contribution in [2.75, 3.05) is 39.6 Å². The molecule has 2 N–H and O–H groups in total. The fraction of sp³-hybridized carbons (Fsp3) is 0.286. The molecular weight excluding hydrogens is 804 g/mol. The van der Waals surface area contributed by atoms with Gasteiger partial charge in [-0.2, -0.15) is 0 Å². The smallest absolute Gasteiger partial charge is 0.262 e. The summed E-state index contributed by atoms with van der Waals surface area (Å²) in [6.07, 6.45) is 2.28. The maximum atomic E-state index is 13.0. The number of thiophene rings is 1. The first-order valence-corrected chi connectivity index (χ1v) is 19.9. The molecule has 2 aliphatic heterocycles. The highest BCUT2D eigenvalue weighted by Gasteiger charge is 2.44. The number of phenols is 1. The summed E-state index contributed by atoms with van der Waals surface area (Å²) in [4.78, 5) is 51.5. The van der Waals surface area contributed by atoms with Gasteiger partial charge in [-0.05, 0) is 91.2 Å². The molecule has 0 spiro atoms. The van der Waals surface area contributed by atoms with E-state index in [9.17, 15) is 24.3 Å². The van der Waals surface area contributed by atoms with Crippen LogP contribution in [0.1, 0.15) is 52.8 Å².